The van der Waals surface area contributed by atoms with Crippen LogP contribution >= 0.6 is 0 Å². The Labute approximate surface area is 150 Å². The highest BCUT2D eigenvalue weighted by atomic mass is 19.4. The first-order chi connectivity index (χ1) is 12.4. The molecule has 0 unspecified atom stereocenters. The lowest BCUT2D eigenvalue weighted by Gasteiger charge is -2.30. The van der Waals surface area contributed by atoms with Crippen LogP contribution in [0.3, 0.4) is 0 Å². The number of benzene rings is 1. The first-order valence-electron chi connectivity index (χ1n) is 8.77. The molecule has 1 N–H and O–H groups in total. The van der Waals surface area contributed by atoms with Gasteiger partial charge in [0.2, 0.25) is 5.91 Å². The highest BCUT2D eigenvalue weighted by molar-refractivity contribution is 5.99. The van der Waals surface area contributed by atoms with Gasteiger partial charge in [-0.15, -0.1) is 0 Å². The molecule has 2 aliphatic rings. The normalized spacial score (nSPS) is 22.4. The van der Waals surface area contributed by atoms with E-state index in [0.29, 0.717) is 25.1 Å². The molecular formula is C19H22F3NO3. The fraction of sp³-hybridized carbons (Fsp3) is 0.526. The van der Waals surface area contributed by atoms with Crippen LogP contribution in [0.4, 0.5) is 18.9 Å². The van der Waals surface area contributed by atoms with Crippen molar-refractivity contribution < 1.29 is 27.4 Å². The topological polar surface area (TPSA) is 47.6 Å². The van der Waals surface area contributed by atoms with E-state index in [1.165, 1.54) is 6.08 Å². The Bertz CT molecular complexity index is 679. The maximum absolute atomic E-state index is 12.7. The Kier molecular flexibility index (Phi) is 5.55. The fourth-order valence-electron chi connectivity index (χ4n) is 3.53. The first kappa shape index (κ1) is 18.8. The highest BCUT2D eigenvalue weighted by Crippen LogP contribution is 2.39. The van der Waals surface area contributed by atoms with E-state index in [9.17, 15) is 18.0 Å². The van der Waals surface area contributed by atoms with Crippen LogP contribution in [0.15, 0.2) is 24.8 Å². The second-order valence-electron chi connectivity index (χ2n) is 6.74. The summed E-state index contributed by atoms with van der Waals surface area (Å²) in [5, 5.41) is 2.73. The standard InChI is InChI=1S/C19H22F3NO3/c1-2-17(24)23-15-9-12-7-8-25-18(12)13(10-15)11-26-16-5-3-14(4-6-16)19(20,21)22/h2,9-10,14,16H,1,3-8,11H2,(H,23,24)/t14-,16-. The summed E-state index contributed by atoms with van der Waals surface area (Å²) in [6.45, 7) is 4.25. The van der Waals surface area contributed by atoms with E-state index in [0.717, 1.165) is 23.3 Å². The number of nitrogens with one attached hydrogen (secondary N) is 1. The van der Waals surface area contributed by atoms with Gasteiger partial charge in [0.25, 0.3) is 0 Å². The average Bonchev–Trinajstić information content (AvgIpc) is 3.07. The SMILES string of the molecule is C=CC(=O)Nc1cc2c(c(CO[C@H]3CC[C@H](C(F)(F)F)CC3)c1)OCC2. The molecule has 0 saturated heterocycles. The predicted octanol–water partition coefficient (Wildman–Crippen LogP) is 4.38. The maximum Gasteiger partial charge on any atom is 0.391 e. The molecule has 1 aromatic carbocycles. The molecule has 1 saturated carbocycles. The third kappa shape index (κ3) is 4.38. The number of rotatable bonds is 5. The minimum atomic E-state index is -4.11. The minimum absolute atomic E-state index is 0.109. The van der Waals surface area contributed by atoms with Crippen molar-refractivity contribution >= 4 is 11.6 Å². The van der Waals surface area contributed by atoms with Gasteiger partial charge >= 0.3 is 6.18 Å². The van der Waals surface area contributed by atoms with Gasteiger partial charge in [0.05, 0.1) is 25.2 Å². The summed E-state index contributed by atoms with van der Waals surface area (Å²) in [6, 6.07) is 3.65. The molecule has 1 aliphatic heterocycles. The molecule has 0 atom stereocenters. The average molecular weight is 369 g/mol. The van der Waals surface area contributed by atoms with Crippen LogP contribution in [0.2, 0.25) is 0 Å². The van der Waals surface area contributed by atoms with Gasteiger partial charge in [0, 0.05) is 17.7 Å². The van der Waals surface area contributed by atoms with Crippen molar-refractivity contribution in [2.45, 2.75) is 51.0 Å². The van der Waals surface area contributed by atoms with Gasteiger partial charge in [0.15, 0.2) is 0 Å². The molecule has 1 aromatic rings. The lowest BCUT2D eigenvalue weighted by Crippen LogP contribution is -2.30. The van der Waals surface area contributed by atoms with E-state index < -0.39 is 12.1 Å². The molecule has 26 heavy (non-hydrogen) atoms. The molecule has 0 bridgehead atoms. The van der Waals surface area contributed by atoms with Crippen molar-refractivity contribution in [3.8, 4) is 5.75 Å². The van der Waals surface area contributed by atoms with Crippen molar-refractivity contribution in [3.63, 3.8) is 0 Å². The number of carbonyl (C=O) groups excluding carboxylic acids is 1. The lowest BCUT2D eigenvalue weighted by molar-refractivity contribution is -0.188. The zero-order valence-corrected chi connectivity index (χ0v) is 14.4. The van der Waals surface area contributed by atoms with E-state index in [-0.39, 0.29) is 31.5 Å². The molecule has 1 heterocycles. The van der Waals surface area contributed by atoms with E-state index in [1.807, 2.05) is 6.07 Å². The van der Waals surface area contributed by atoms with E-state index in [2.05, 4.69) is 11.9 Å². The summed E-state index contributed by atoms with van der Waals surface area (Å²) in [5.74, 6) is -0.765. The molecule has 0 radical (unpaired) electrons. The van der Waals surface area contributed by atoms with Crippen molar-refractivity contribution in [1.29, 1.82) is 0 Å². The number of fused-ring (bicyclic) bond motifs is 1. The van der Waals surface area contributed by atoms with Crippen LogP contribution in [0, 0.1) is 5.92 Å². The summed E-state index contributed by atoms with van der Waals surface area (Å²) in [4.78, 5) is 11.5. The van der Waals surface area contributed by atoms with Crippen LogP contribution in [0.1, 0.15) is 36.8 Å². The van der Waals surface area contributed by atoms with Crippen molar-refractivity contribution in [3.05, 3.63) is 35.9 Å². The first-order valence-corrected chi connectivity index (χ1v) is 8.77. The van der Waals surface area contributed by atoms with Gasteiger partial charge in [-0.05, 0) is 49.5 Å². The van der Waals surface area contributed by atoms with Crippen molar-refractivity contribution in [1.82, 2.24) is 0 Å². The highest BCUT2D eigenvalue weighted by Gasteiger charge is 2.41. The molecule has 142 valence electrons. The number of anilines is 1. The largest absolute Gasteiger partial charge is 0.493 e. The summed E-state index contributed by atoms with van der Waals surface area (Å²) in [6.07, 6.45) is -1.33. The van der Waals surface area contributed by atoms with Gasteiger partial charge in [-0.1, -0.05) is 6.58 Å². The summed E-state index contributed by atoms with van der Waals surface area (Å²) >= 11 is 0. The minimum Gasteiger partial charge on any atom is -0.493 e. The summed E-state index contributed by atoms with van der Waals surface area (Å²) < 4.78 is 49.8. The third-order valence-electron chi connectivity index (χ3n) is 4.93. The molecule has 1 aliphatic carbocycles. The summed E-state index contributed by atoms with van der Waals surface area (Å²) in [7, 11) is 0. The second kappa shape index (κ2) is 7.70. The second-order valence-corrected chi connectivity index (χ2v) is 6.74. The van der Waals surface area contributed by atoms with Gasteiger partial charge in [0.1, 0.15) is 5.75 Å². The Morgan fingerprint density at radius 3 is 2.69 bits per heavy atom. The monoisotopic (exact) mass is 369 g/mol. The lowest BCUT2D eigenvalue weighted by atomic mass is 9.87. The van der Waals surface area contributed by atoms with Crippen LogP contribution in [-0.2, 0) is 22.6 Å². The van der Waals surface area contributed by atoms with Crippen LogP contribution in [0.5, 0.6) is 5.75 Å². The molecule has 1 amide bonds. The van der Waals surface area contributed by atoms with Gasteiger partial charge in [-0.3, -0.25) is 4.79 Å². The predicted molar refractivity (Wildman–Crippen MR) is 91.1 cm³/mol. The smallest absolute Gasteiger partial charge is 0.391 e. The van der Waals surface area contributed by atoms with Crippen molar-refractivity contribution in [2.24, 2.45) is 5.92 Å². The molecule has 7 heteroatoms. The number of amides is 1. The Morgan fingerprint density at radius 2 is 2.04 bits per heavy atom. The zero-order chi connectivity index (χ0) is 18.7. The van der Waals surface area contributed by atoms with E-state index in [4.69, 9.17) is 9.47 Å². The fourth-order valence-corrected chi connectivity index (χ4v) is 3.53. The van der Waals surface area contributed by atoms with Crippen molar-refractivity contribution in [2.75, 3.05) is 11.9 Å². The van der Waals surface area contributed by atoms with Crippen LogP contribution in [-0.4, -0.2) is 24.8 Å². The molecule has 0 aromatic heterocycles. The van der Waals surface area contributed by atoms with Gasteiger partial charge in [-0.25, -0.2) is 0 Å². The molecule has 3 rings (SSSR count). The van der Waals surface area contributed by atoms with Crippen LogP contribution < -0.4 is 10.1 Å². The maximum atomic E-state index is 12.7. The number of carbonyl (C=O) groups is 1. The Morgan fingerprint density at radius 1 is 1.31 bits per heavy atom. The quantitative estimate of drug-likeness (QED) is 0.784. The molecular weight excluding hydrogens is 347 g/mol. The van der Waals surface area contributed by atoms with E-state index >= 15 is 0 Å². The van der Waals surface area contributed by atoms with E-state index in [1.54, 1.807) is 6.07 Å². The number of halogens is 3. The van der Waals surface area contributed by atoms with Gasteiger partial charge < -0.3 is 14.8 Å². The Balaban J connectivity index is 1.63. The number of hydrogen-bond donors (Lipinski definition) is 1. The summed E-state index contributed by atoms with van der Waals surface area (Å²) in [5.41, 5.74) is 2.43. The molecule has 4 nitrogen and oxygen atoms in total. The number of ether oxygens (including phenoxy) is 2. The zero-order valence-electron chi connectivity index (χ0n) is 14.4. The number of hydrogen-bond acceptors (Lipinski definition) is 3. The number of alkyl halides is 3. The molecule has 1 fully saturated rings. The van der Waals surface area contributed by atoms with Gasteiger partial charge in [-0.2, -0.15) is 13.2 Å². The third-order valence-corrected chi connectivity index (χ3v) is 4.93. The molecule has 0 spiro atoms. The van der Waals surface area contributed by atoms with Crippen LogP contribution in [0.25, 0.3) is 0 Å². The Hall–Kier alpha value is -2.02.